The van der Waals surface area contributed by atoms with E-state index in [-0.39, 0.29) is 11.7 Å². The fourth-order valence-electron chi connectivity index (χ4n) is 1.02. The molecule has 78 valence electrons. The molecule has 0 saturated carbocycles. The van der Waals surface area contributed by atoms with Crippen LogP contribution in [0.25, 0.3) is 10.8 Å². The van der Waals surface area contributed by atoms with Crippen LogP contribution in [0.1, 0.15) is 16.3 Å². The van der Waals surface area contributed by atoms with Gasteiger partial charge in [0.1, 0.15) is 4.88 Å². The SMILES string of the molecule is Cc1nc(N)sc1-c1nc(C(=O)O)no1. The second kappa shape index (κ2) is 3.31. The van der Waals surface area contributed by atoms with Gasteiger partial charge in [-0.2, -0.15) is 4.98 Å². The van der Waals surface area contributed by atoms with Gasteiger partial charge in [-0.1, -0.05) is 11.3 Å². The molecule has 0 spiro atoms. The van der Waals surface area contributed by atoms with Crippen molar-refractivity contribution in [1.29, 1.82) is 0 Å². The minimum atomic E-state index is -1.24. The molecule has 7 nitrogen and oxygen atoms in total. The number of thiazole rings is 1. The van der Waals surface area contributed by atoms with Crippen molar-refractivity contribution in [1.82, 2.24) is 15.1 Å². The quantitative estimate of drug-likeness (QED) is 0.777. The van der Waals surface area contributed by atoms with Crippen LogP contribution in [0.4, 0.5) is 5.13 Å². The lowest BCUT2D eigenvalue weighted by molar-refractivity contribution is 0.0680. The van der Waals surface area contributed by atoms with Crippen LogP contribution >= 0.6 is 11.3 Å². The fraction of sp³-hybridized carbons (Fsp3) is 0.143. The van der Waals surface area contributed by atoms with Gasteiger partial charge < -0.3 is 15.4 Å². The Kier molecular flexibility index (Phi) is 2.12. The minimum Gasteiger partial charge on any atom is -0.475 e. The number of aryl methyl sites for hydroxylation is 1. The van der Waals surface area contributed by atoms with Crippen LogP contribution < -0.4 is 5.73 Å². The first-order valence-electron chi connectivity index (χ1n) is 3.88. The highest BCUT2D eigenvalue weighted by Crippen LogP contribution is 2.29. The lowest BCUT2D eigenvalue weighted by atomic mass is 10.4. The van der Waals surface area contributed by atoms with Gasteiger partial charge in [-0.3, -0.25) is 0 Å². The molecule has 0 aliphatic rings. The number of hydrogen-bond acceptors (Lipinski definition) is 7. The largest absolute Gasteiger partial charge is 0.475 e. The molecule has 0 aliphatic heterocycles. The summed E-state index contributed by atoms with van der Waals surface area (Å²) in [4.78, 5) is 18.8. The molecule has 0 amide bonds. The van der Waals surface area contributed by atoms with Crippen LogP contribution in [0.5, 0.6) is 0 Å². The third kappa shape index (κ3) is 1.66. The molecule has 0 aromatic carbocycles. The van der Waals surface area contributed by atoms with Gasteiger partial charge in [0.2, 0.25) is 0 Å². The van der Waals surface area contributed by atoms with E-state index in [1.54, 1.807) is 6.92 Å². The summed E-state index contributed by atoms with van der Waals surface area (Å²) in [7, 11) is 0. The summed E-state index contributed by atoms with van der Waals surface area (Å²) < 4.78 is 4.78. The highest BCUT2D eigenvalue weighted by Gasteiger charge is 2.18. The summed E-state index contributed by atoms with van der Waals surface area (Å²) in [6, 6.07) is 0. The average molecular weight is 226 g/mol. The van der Waals surface area contributed by atoms with E-state index in [1.807, 2.05) is 0 Å². The van der Waals surface area contributed by atoms with E-state index in [4.69, 9.17) is 15.4 Å². The van der Waals surface area contributed by atoms with Gasteiger partial charge in [0.25, 0.3) is 11.7 Å². The Morgan fingerprint density at radius 1 is 1.53 bits per heavy atom. The summed E-state index contributed by atoms with van der Waals surface area (Å²) in [6.07, 6.45) is 0. The molecule has 0 bridgehead atoms. The zero-order valence-electron chi connectivity index (χ0n) is 7.59. The van der Waals surface area contributed by atoms with Crippen LogP contribution in [0.2, 0.25) is 0 Å². The third-order valence-corrected chi connectivity index (χ3v) is 2.60. The Hall–Kier alpha value is -1.96. The number of carboxylic acid groups (broad SMARTS) is 1. The maximum Gasteiger partial charge on any atom is 0.377 e. The number of hydrogen-bond donors (Lipinski definition) is 2. The van der Waals surface area contributed by atoms with Crippen LogP contribution in [-0.2, 0) is 0 Å². The van der Waals surface area contributed by atoms with Gasteiger partial charge in [0.05, 0.1) is 5.69 Å². The molecule has 15 heavy (non-hydrogen) atoms. The molecule has 0 aliphatic carbocycles. The van der Waals surface area contributed by atoms with Gasteiger partial charge in [0.15, 0.2) is 5.13 Å². The molecule has 3 N–H and O–H groups in total. The monoisotopic (exact) mass is 226 g/mol. The molecule has 2 rings (SSSR count). The number of rotatable bonds is 2. The van der Waals surface area contributed by atoms with Crippen LogP contribution in [0.15, 0.2) is 4.52 Å². The molecule has 0 atom stereocenters. The van der Waals surface area contributed by atoms with Crippen LogP contribution in [0, 0.1) is 6.92 Å². The molecule has 0 unspecified atom stereocenters. The second-order valence-electron chi connectivity index (χ2n) is 2.69. The smallest absolute Gasteiger partial charge is 0.377 e. The molecule has 0 saturated heterocycles. The van der Waals surface area contributed by atoms with Crippen molar-refractivity contribution in [3.05, 3.63) is 11.5 Å². The van der Waals surface area contributed by atoms with Crippen molar-refractivity contribution in [2.24, 2.45) is 0 Å². The highest BCUT2D eigenvalue weighted by molar-refractivity contribution is 7.18. The van der Waals surface area contributed by atoms with Crippen molar-refractivity contribution in [3.8, 4) is 10.8 Å². The van der Waals surface area contributed by atoms with Crippen molar-refractivity contribution in [2.75, 3.05) is 5.73 Å². The molecule has 2 aromatic rings. The van der Waals surface area contributed by atoms with Gasteiger partial charge in [0, 0.05) is 0 Å². The summed E-state index contributed by atoms with van der Waals surface area (Å²) in [5.74, 6) is -1.49. The van der Waals surface area contributed by atoms with E-state index >= 15 is 0 Å². The number of nitrogen functional groups attached to an aromatic ring is 1. The number of aromatic carboxylic acids is 1. The fourth-order valence-corrected chi connectivity index (χ4v) is 1.77. The number of nitrogens with two attached hydrogens (primary N) is 1. The van der Waals surface area contributed by atoms with Gasteiger partial charge >= 0.3 is 5.97 Å². The van der Waals surface area contributed by atoms with Crippen molar-refractivity contribution in [2.45, 2.75) is 6.92 Å². The number of nitrogens with zero attached hydrogens (tertiary/aromatic N) is 3. The van der Waals surface area contributed by atoms with E-state index in [9.17, 15) is 4.79 Å². The third-order valence-electron chi connectivity index (χ3n) is 1.62. The highest BCUT2D eigenvalue weighted by atomic mass is 32.1. The summed E-state index contributed by atoms with van der Waals surface area (Å²) >= 11 is 1.17. The van der Waals surface area contributed by atoms with Crippen molar-refractivity contribution >= 4 is 22.4 Å². The van der Waals surface area contributed by atoms with E-state index in [0.717, 1.165) is 0 Å². The normalized spacial score (nSPS) is 10.5. The van der Waals surface area contributed by atoms with Crippen molar-refractivity contribution < 1.29 is 14.4 Å². The van der Waals surface area contributed by atoms with Gasteiger partial charge in [-0.15, -0.1) is 0 Å². The van der Waals surface area contributed by atoms with E-state index in [0.29, 0.717) is 15.7 Å². The number of aromatic nitrogens is 3. The van der Waals surface area contributed by atoms with Crippen LogP contribution in [0.3, 0.4) is 0 Å². The summed E-state index contributed by atoms with van der Waals surface area (Å²) in [5, 5.41) is 12.3. The minimum absolute atomic E-state index is 0.124. The Morgan fingerprint density at radius 2 is 2.27 bits per heavy atom. The molecule has 2 aromatic heterocycles. The molecular formula is C7H6N4O3S. The predicted octanol–water partition coefficient (Wildman–Crippen LogP) is 0.782. The molecule has 0 radical (unpaired) electrons. The first-order chi connectivity index (χ1) is 7.08. The van der Waals surface area contributed by atoms with E-state index in [1.165, 1.54) is 11.3 Å². The Bertz CT molecular complexity index is 518. The van der Waals surface area contributed by atoms with E-state index in [2.05, 4.69) is 15.1 Å². The number of carboxylic acids is 1. The molecule has 8 heteroatoms. The maximum absolute atomic E-state index is 10.5. The Balaban J connectivity index is 2.45. The van der Waals surface area contributed by atoms with Gasteiger partial charge in [-0.05, 0) is 12.1 Å². The van der Waals surface area contributed by atoms with Gasteiger partial charge in [-0.25, -0.2) is 9.78 Å². The number of carbonyl (C=O) groups is 1. The van der Waals surface area contributed by atoms with Crippen molar-refractivity contribution in [3.63, 3.8) is 0 Å². The maximum atomic E-state index is 10.5. The van der Waals surface area contributed by atoms with Crippen LogP contribution in [-0.4, -0.2) is 26.2 Å². The second-order valence-corrected chi connectivity index (χ2v) is 3.73. The Morgan fingerprint density at radius 3 is 2.73 bits per heavy atom. The zero-order valence-corrected chi connectivity index (χ0v) is 8.41. The first kappa shape index (κ1) is 9.59. The Labute approximate surface area is 87.6 Å². The predicted molar refractivity (Wildman–Crippen MR) is 51.5 cm³/mol. The summed E-state index contributed by atoms with van der Waals surface area (Å²) in [6.45, 7) is 1.73. The molecule has 0 fully saturated rings. The topological polar surface area (TPSA) is 115 Å². The average Bonchev–Trinajstić information content (AvgIpc) is 2.71. The lowest BCUT2D eigenvalue weighted by Crippen LogP contribution is -1.98. The summed E-state index contributed by atoms with van der Waals surface area (Å²) in [5.41, 5.74) is 6.12. The zero-order chi connectivity index (χ0) is 11.0. The first-order valence-corrected chi connectivity index (χ1v) is 4.70. The van der Waals surface area contributed by atoms with E-state index < -0.39 is 5.97 Å². The molecule has 2 heterocycles. The molecular weight excluding hydrogens is 220 g/mol. The lowest BCUT2D eigenvalue weighted by Gasteiger charge is -1.86. The standard InChI is InChI=1S/C7H6N4O3S/c1-2-3(15-7(8)9-2)5-10-4(6(12)13)11-14-5/h1H3,(H2,8,9)(H,12,13). The number of anilines is 1.